The lowest BCUT2D eigenvalue weighted by molar-refractivity contribution is 0.572. The van der Waals surface area contributed by atoms with Crippen LogP contribution in [0.2, 0.25) is 0 Å². The van der Waals surface area contributed by atoms with E-state index in [0.29, 0.717) is 17.5 Å². The first-order valence-corrected chi connectivity index (χ1v) is 16.8. The molecule has 8 rings (SSSR count). The lowest BCUT2D eigenvalue weighted by Crippen LogP contribution is -2.14. The van der Waals surface area contributed by atoms with Crippen molar-refractivity contribution in [3.05, 3.63) is 133 Å². The Kier molecular flexibility index (Phi) is 7.60. The molecule has 0 aliphatic heterocycles. The van der Waals surface area contributed by atoms with Gasteiger partial charge in [0, 0.05) is 44.8 Å². The molecule has 0 bridgehead atoms. The van der Waals surface area contributed by atoms with Crippen LogP contribution in [0.3, 0.4) is 0 Å². The second-order valence-corrected chi connectivity index (χ2v) is 13.6. The Morgan fingerprint density at radius 2 is 1.23 bits per heavy atom. The van der Waals surface area contributed by atoms with Crippen molar-refractivity contribution in [1.29, 1.82) is 0 Å². The standard InChI is InChI=1S/C43H37N5/c1-43(2,3)37-27-36(35-24-23-30-18-11-25-44-38(30)39(35)45-37)33-16-10-17-34(26-33)42-47-40(31-14-8-5-9-15-31)46-41(48-42)32-21-19-29(20-22-32)28-12-6-4-7-13-28/h5,8-12,14-27H,4,6-7,13H2,1-3H3. The Morgan fingerprint density at radius 3 is 1.96 bits per heavy atom. The van der Waals surface area contributed by atoms with Crippen molar-refractivity contribution >= 4 is 27.4 Å². The van der Waals surface area contributed by atoms with Crippen LogP contribution in [-0.2, 0) is 5.41 Å². The van der Waals surface area contributed by atoms with E-state index in [1.165, 1.54) is 24.0 Å². The van der Waals surface area contributed by atoms with Gasteiger partial charge in [-0.3, -0.25) is 4.98 Å². The van der Waals surface area contributed by atoms with E-state index in [1.807, 2.05) is 42.6 Å². The van der Waals surface area contributed by atoms with E-state index >= 15 is 0 Å². The third kappa shape index (κ3) is 5.77. The second-order valence-electron chi connectivity index (χ2n) is 13.6. The Hall–Kier alpha value is -5.55. The fourth-order valence-corrected chi connectivity index (χ4v) is 6.56. The second kappa shape index (κ2) is 12.2. The Morgan fingerprint density at radius 1 is 0.542 bits per heavy atom. The number of pyridine rings is 2. The Labute approximate surface area is 281 Å². The fraction of sp³-hybridized carbons (Fsp3) is 0.186. The van der Waals surface area contributed by atoms with Gasteiger partial charge in [0.2, 0.25) is 0 Å². The molecule has 4 aromatic carbocycles. The van der Waals surface area contributed by atoms with Crippen molar-refractivity contribution in [3.8, 4) is 45.3 Å². The quantitative estimate of drug-likeness (QED) is 0.179. The van der Waals surface area contributed by atoms with Gasteiger partial charge in [0.15, 0.2) is 17.5 Å². The molecule has 0 unspecified atom stereocenters. The van der Waals surface area contributed by atoms with Gasteiger partial charge in [0.25, 0.3) is 0 Å². The molecule has 0 saturated heterocycles. The van der Waals surface area contributed by atoms with Gasteiger partial charge in [-0.05, 0) is 66.1 Å². The van der Waals surface area contributed by atoms with Gasteiger partial charge in [-0.15, -0.1) is 0 Å². The highest BCUT2D eigenvalue weighted by molar-refractivity contribution is 6.08. The molecule has 3 aromatic heterocycles. The number of fused-ring (bicyclic) bond motifs is 3. The topological polar surface area (TPSA) is 64.5 Å². The molecule has 234 valence electrons. The Bertz CT molecular complexity index is 2320. The number of aromatic nitrogens is 5. The van der Waals surface area contributed by atoms with E-state index in [9.17, 15) is 0 Å². The molecule has 5 nitrogen and oxygen atoms in total. The van der Waals surface area contributed by atoms with Crippen LogP contribution in [0.15, 0.2) is 121 Å². The summed E-state index contributed by atoms with van der Waals surface area (Å²) in [6.45, 7) is 6.61. The van der Waals surface area contributed by atoms with E-state index in [2.05, 4.69) is 99.6 Å². The Balaban J connectivity index is 1.27. The summed E-state index contributed by atoms with van der Waals surface area (Å²) in [5.74, 6) is 1.96. The van der Waals surface area contributed by atoms with Crippen molar-refractivity contribution in [2.24, 2.45) is 0 Å². The van der Waals surface area contributed by atoms with Crippen molar-refractivity contribution in [3.63, 3.8) is 0 Å². The number of hydrogen-bond donors (Lipinski definition) is 0. The van der Waals surface area contributed by atoms with Crippen LogP contribution >= 0.6 is 0 Å². The molecule has 0 radical (unpaired) electrons. The van der Waals surface area contributed by atoms with Crippen LogP contribution in [0.5, 0.6) is 0 Å². The zero-order valence-electron chi connectivity index (χ0n) is 27.6. The van der Waals surface area contributed by atoms with Gasteiger partial charge in [-0.2, -0.15) is 0 Å². The summed E-state index contributed by atoms with van der Waals surface area (Å²) in [4.78, 5) is 25.0. The molecule has 0 atom stereocenters. The van der Waals surface area contributed by atoms with Crippen molar-refractivity contribution < 1.29 is 0 Å². The first kappa shape index (κ1) is 29.8. The molecule has 1 aliphatic rings. The fourth-order valence-electron chi connectivity index (χ4n) is 6.56. The van der Waals surface area contributed by atoms with Gasteiger partial charge in [0.1, 0.15) is 0 Å². The smallest absolute Gasteiger partial charge is 0.164 e. The third-order valence-corrected chi connectivity index (χ3v) is 9.22. The zero-order valence-corrected chi connectivity index (χ0v) is 27.6. The summed E-state index contributed by atoms with van der Waals surface area (Å²) >= 11 is 0. The summed E-state index contributed by atoms with van der Waals surface area (Å²) in [6, 6.07) is 38.0. The first-order chi connectivity index (χ1) is 23.4. The summed E-state index contributed by atoms with van der Waals surface area (Å²) in [7, 11) is 0. The van der Waals surface area contributed by atoms with Gasteiger partial charge in [-0.1, -0.05) is 118 Å². The molecule has 0 saturated carbocycles. The summed E-state index contributed by atoms with van der Waals surface area (Å²) < 4.78 is 0. The number of hydrogen-bond acceptors (Lipinski definition) is 5. The molecule has 0 N–H and O–H groups in total. The van der Waals surface area contributed by atoms with Crippen LogP contribution in [0.4, 0.5) is 0 Å². The molecular weight excluding hydrogens is 587 g/mol. The minimum atomic E-state index is -0.145. The molecule has 0 fully saturated rings. The molecular formula is C43H37N5. The largest absolute Gasteiger partial charge is 0.254 e. The molecule has 7 aromatic rings. The first-order valence-electron chi connectivity index (χ1n) is 16.8. The number of benzene rings is 4. The van der Waals surface area contributed by atoms with E-state index in [-0.39, 0.29) is 5.41 Å². The lowest BCUT2D eigenvalue weighted by Gasteiger charge is -2.21. The molecule has 3 heterocycles. The van der Waals surface area contributed by atoms with E-state index in [0.717, 1.165) is 68.2 Å². The van der Waals surface area contributed by atoms with Crippen LogP contribution in [-0.4, -0.2) is 24.9 Å². The average molecular weight is 624 g/mol. The minimum Gasteiger partial charge on any atom is -0.254 e. The molecule has 48 heavy (non-hydrogen) atoms. The van der Waals surface area contributed by atoms with Gasteiger partial charge < -0.3 is 0 Å². The van der Waals surface area contributed by atoms with E-state index in [4.69, 9.17) is 24.9 Å². The van der Waals surface area contributed by atoms with Gasteiger partial charge >= 0.3 is 0 Å². The molecule has 1 aliphatic carbocycles. The van der Waals surface area contributed by atoms with Crippen LogP contribution in [0.1, 0.15) is 57.7 Å². The van der Waals surface area contributed by atoms with Gasteiger partial charge in [-0.25, -0.2) is 19.9 Å². The molecule has 0 spiro atoms. The third-order valence-electron chi connectivity index (χ3n) is 9.22. The highest BCUT2D eigenvalue weighted by atomic mass is 15.0. The predicted octanol–water partition coefficient (Wildman–Crippen LogP) is 10.9. The highest BCUT2D eigenvalue weighted by Gasteiger charge is 2.21. The zero-order chi connectivity index (χ0) is 32.7. The molecule has 0 amide bonds. The molecule has 5 heteroatoms. The van der Waals surface area contributed by atoms with E-state index in [1.54, 1.807) is 0 Å². The summed E-state index contributed by atoms with van der Waals surface area (Å²) in [5.41, 5.74) is 10.5. The summed E-state index contributed by atoms with van der Waals surface area (Å²) in [6.07, 6.45) is 9.06. The number of rotatable bonds is 5. The summed E-state index contributed by atoms with van der Waals surface area (Å²) in [5, 5.41) is 2.15. The lowest BCUT2D eigenvalue weighted by atomic mass is 9.88. The SMILES string of the molecule is CC(C)(C)c1cc(-c2cccc(-c3nc(-c4ccccc4)nc(-c4ccc(C5=CCCCC5)cc4)n3)c2)c2ccc3cccnc3c2n1. The normalized spacial score (nSPS) is 13.5. The highest BCUT2D eigenvalue weighted by Crippen LogP contribution is 2.37. The maximum absolute atomic E-state index is 5.17. The van der Waals surface area contributed by atoms with Crippen LogP contribution in [0, 0.1) is 0 Å². The van der Waals surface area contributed by atoms with Crippen molar-refractivity contribution in [1.82, 2.24) is 24.9 Å². The number of allylic oxidation sites excluding steroid dienone is 2. The van der Waals surface area contributed by atoms with Crippen LogP contribution in [0.25, 0.3) is 72.7 Å². The average Bonchev–Trinajstić information content (AvgIpc) is 3.14. The predicted molar refractivity (Wildman–Crippen MR) is 197 cm³/mol. The minimum absolute atomic E-state index is 0.145. The van der Waals surface area contributed by atoms with Crippen molar-refractivity contribution in [2.45, 2.75) is 51.9 Å². The van der Waals surface area contributed by atoms with E-state index < -0.39 is 0 Å². The van der Waals surface area contributed by atoms with Gasteiger partial charge in [0.05, 0.1) is 11.0 Å². The maximum atomic E-state index is 5.17. The maximum Gasteiger partial charge on any atom is 0.164 e. The van der Waals surface area contributed by atoms with Crippen LogP contribution < -0.4 is 0 Å². The van der Waals surface area contributed by atoms with Crippen molar-refractivity contribution in [2.75, 3.05) is 0 Å². The monoisotopic (exact) mass is 623 g/mol. The number of nitrogens with zero attached hydrogens (tertiary/aromatic N) is 5.